The number of morpholine rings is 1. The molecule has 0 unspecified atom stereocenters. The summed E-state index contributed by atoms with van der Waals surface area (Å²) in [5, 5.41) is 24.7. The van der Waals surface area contributed by atoms with E-state index in [1.54, 1.807) is 47.5 Å². The Bertz CT molecular complexity index is 1230. The zero-order valence-corrected chi connectivity index (χ0v) is 18.8. The SMILES string of the molecule is N#Cc1ccc(-c2nc(NCCNc3ccc(C(=O)N4CCOCC4)cn3)ncc2C(=O)O)cc1. The van der Waals surface area contributed by atoms with E-state index >= 15 is 0 Å². The Kier molecular flexibility index (Phi) is 7.44. The van der Waals surface area contributed by atoms with Crippen LogP contribution in [0.4, 0.5) is 11.8 Å². The van der Waals surface area contributed by atoms with Crippen LogP contribution in [0.25, 0.3) is 11.3 Å². The molecule has 1 fully saturated rings. The Morgan fingerprint density at radius 1 is 1.03 bits per heavy atom. The summed E-state index contributed by atoms with van der Waals surface area (Å²) in [6.45, 7) is 3.17. The molecule has 0 aliphatic carbocycles. The van der Waals surface area contributed by atoms with E-state index in [1.807, 2.05) is 6.07 Å². The summed E-state index contributed by atoms with van der Waals surface area (Å²) in [5.41, 5.74) is 1.79. The first-order valence-corrected chi connectivity index (χ1v) is 11.0. The predicted molar refractivity (Wildman–Crippen MR) is 127 cm³/mol. The molecule has 0 spiro atoms. The van der Waals surface area contributed by atoms with E-state index < -0.39 is 5.97 Å². The lowest BCUT2D eigenvalue weighted by atomic mass is 10.1. The minimum absolute atomic E-state index is 0.0331. The molecule has 3 N–H and O–H groups in total. The van der Waals surface area contributed by atoms with Gasteiger partial charge in [0.1, 0.15) is 11.4 Å². The van der Waals surface area contributed by atoms with Crippen molar-refractivity contribution in [2.75, 3.05) is 50.0 Å². The minimum atomic E-state index is -1.14. The van der Waals surface area contributed by atoms with Gasteiger partial charge in [-0.1, -0.05) is 12.1 Å². The number of anilines is 2. The van der Waals surface area contributed by atoms with Crippen LogP contribution < -0.4 is 10.6 Å². The molecule has 0 atom stereocenters. The molecular formula is C24H23N7O4. The predicted octanol–water partition coefficient (Wildman–Crippen LogP) is 2.10. The van der Waals surface area contributed by atoms with Crippen LogP contribution in [0, 0.1) is 11.3 Å². The lowest BCUT2D eigenvalue weighted by Gasteiger charge is -2.26. The summed E-state index contributed by atoms with van der Waals surface area (Å²) < 4.78 is 5.27. The Hall–Kier alpha value is -4.56. The normalized spacial score (nSPS) is 13.1. The Morgan fingerprint density at radius 2 is 1.77 bits per heavy atom. The molecule has 11 heteroatoms. The van der Waals surface area contributed by atoms with Gasteiger partial charge in [-0.15, -0.1) is 0 Å². The highest BCUT2D eigenvalue weighted by Gasteiger charge is 2.19. The molecule has 1 amide bonds. The van der Waals surface area contributed by atoms with Crippen molar-refractivity contribution in [1.82, 2.24) is 19.9 Å². The van der Waals surface area contributed by atoms with Crippen molar-refractivity contribution in [2.24, 2.45) is 0 Å². The number of pyridine rings is 1. The van der Waals surface area contributed by atoms with Gasteiger partial charge in [-0.25, -0.2) is 19.7 Å². The standard InChI is InChI=1S/C24H23N7O4/c25-13-16-1-3-17(4-2-16)21-19(23(33)34)15-29-24(30-21)27-8-7-26-20-6-5-18(14-28-20)22(32)31-9-11-35-12-10-31/h1-6,14-15H,7-12H2,(H,26,28)(H,33,34)(H,27,29,30). The van der Waals surface area contributed by atoms with Gasteiger partial charge in [0.25, 0.3) is 5.91 Å². The van der Waals surface area contributed by atoms with E-state index in [9.17, 15) is 14.7 Å². The third-order valence-corrected chi connectivity index (χ3v) is 5.33. The van der Waals surface area contributed by atoms with E-state index in [0.717, 1.165) is 0 Å². The zero-order valence-electron chi connectivity index (χ0n) is 18.8. The number of hydrogen-bond acceptors (Lipinski definition) is 9. The van der Waals surface area contributed by atoms with Gasteiger partial charge in [0.05, 0.1) is 36.1 Å². The second kappa shape index (κ2) is 11.0. The van der Waals surface area contributed by atoms with Crippen molar-refractivity contribution in [2.45, 2.75) is 0 Å². The van der Waals surface area contributed by atoms with Crippen LogP contribution in [0.5, 0.6) is 0 Å². The molecule has 1 aromatic carbocycles. The molecule has 0 bridgehead atoms. The number of aromatic nitrogens is 3. The molecule has 35 heavy (non-hydrogen) atoms. The minimum Gasteiger partial charge on any atom is -0.478 e. The number of nitriles is 1. The number of benzene rings is 1. The first kappa shape index (κ1) is 23.6. The highest BCUT2D eigenvalue weighted by Crippen LogP contribution is 2.23. The topological polar surface area (TPSA) is 153 Å². The van der Waals surface area contributed by atoms with Crippen LogP contribution in [0.2, 0.25) is 0 Å². The maximum atomic E-state index is 12.5. The third-order valence-electron chi connectivity index (χ3n) is 5.33. The summed E-state index contributed by atoms with van der Waals surface area (Å²) in [6.07, 6.45) is 2.80. The van der Waals surface area contributed by atoms with E-state index in [1.165, 1.54) is 6.20 Å². The number of hydrogen-bond donors (Lipinski definition) is 3. The van der Waals surface area contributed by atoms with Gasteiger partial charge in [-0.05, 0) is 24.3 Å². The maximum Gasteiger partial charge on any atom is 0.339 e. The molecule has 3 aromatic rings. The molecule has 4 rings (SSSR count). The van der Waals surface area contributed by atoms with Crippen molar-refractivity contribution >= 4 is 23.6 Å². The maximum absolute atomic E-state index is 12.5. The van der Waals surface area contributed by atoms with Gasteiger partial charge in [0.2, 0.25) is 5.95 Å². The van der Waals surface area contributed by atoms with Crippen molar-refractivity contribution in [3.05, 3.63) is 65.5 Å². The number of ether oxygens (including phenoxy) is 1. The largest absolute Gasteiger partial charge is 0.478 e. The van der Waals surface area contributed by atoms with Gasteiger partial charge in [0, 0.05) is 44.1 Å². The quantitative estimate of drug-likeness (QED) is 0.414. The van der Waals surface area contributed by atoms with Gasteiger partial charge >= 0.3 is 5.97 Å². The first-order chi connectivity index (χ1) is 17.0. The molecule has 1 aliphatic rings. The Labute approximate surface area is 201 Å². The second-order valence-electron chi connectivity index (χ2n) is 7.64. The van der Waals surface area contributed by atoms with Crippen LogP contribution in [0.1, 0.15) is 26.3 Å². The monoisotopic (exact) mass is 473 g/mol. The van der Waals surface area contributed by atoms with Crippen molar-refractivity contribution < 1.29 is 19.4 Å². The van der Waals surface area contributed by atoms with E-state index in [2.05, 4.69) is 25.6 Å². The van der Waals surface area contributed by atoms with Crippen molar-refractivity contribution in [3.8, 4) is 17.3 Å². The second-order valence-corrected chi connectivity index (χ2v) is 7.64. The van der Waals surface area contributed by atoms with Gasteiger partial charge in [0.15, 0.2) is 0 Å². The average Bonchev–Trinajstić information content (AvgIpc) is 2.91. The molecule has 0 radical (unpaired) electrons. The molecule has 1 saturated heterocycles. The first-order valence-electron chi connectivity index (χ1n) is 11.0. The van der Waals surface area contributed by atoms with Crippen LogP contribution in [-0.4, -0.2) is 76.2 Å². The number of carbonyl (C=O) groups excluding carboxylic acids is 1. The van der Waals surface area contributed by atoms with Crippen LogP contribution in [0.3, 0.4) is 0 Å². The van der Waals surface area contributed by atoms with E-state index in [4.69, 9.17) is 10.00 Å². The lowest BCUT2D eigenvalue weighted by Crippen LogP contribution is -2.40. The fourth-order valence-electron chi connectivity index (χ4n) is 3.49. The number of carbonyl (C=O) groups is 2. The molecular weight excluding hydrogens is 450 g/mol. The number of nitrogens with zero attached hydrogens (tertiary/aromatic N) is 5. The molecule has 11 nitrogen and oxygen atoms in total. The van der Waals surface area contributed by atoms with Gasteiger partial charge in [-0.2, -0.15) is 5.26 Å². The number of nitrogens with one attached hydrogen (secondary N) is 2. The smallest absolute Gasteiger partial charge is 0.339 e. The number of aromatic carboxylic acids is 1. The number of amides is 1. The zero-order chi connectivity index (χ0) is 24.6. The molecule has 178 valence electrons. The fraction of sp³-hybridized carbons (Fsp3) is 0.250. The van der Waals surface area contributed by atoms with E-state index in [-0.39, 0.29) is 23.1 Å². The van der Waals surface area contributed by atoms with Crippen LogP contribution in [-0.2, 0) is 4.74 Å². The Morgan fingerprint density at radius 3 is 2.43 bits per heavy atom. The lowest BCUT2D eigenvalue weighted by molar-refractivity contribution is 0.0302. The highest BCUT2D eigenvalue weighted by molar-refractivity contribution is 5.95. The molecule has 2 aromatic heterocycles. The summed E-state index contributed by atoms with van der Waals surface area (Å²) in [7, 11) is 0. The van der Waals surface area contributed by atoms with Gasteiger partial charge < -0.3 is 25.4 Å². The summed E-state index contributed by atoms with van der Waals surface area (Å²) >= 11 is 0. The number of carboxylic acid groups (broad SMARTS) is 1. The molecule has 3 heterocycles. The van der Waals surface area contributed by atoms with Crippen LogP contribution in [0.15, 0.2) is 48.8 Å². The highest BCUT2D eigenvalue weighted by atomic mass is 16.5. The molecule has 0 saturated carbocycles. The van der Waals surface area contributed by atoms with Crippen LogP contribution >= 0.6 is 0 Å². The third kappa shape index (κ3) is 5.87. The summed E-state index contributed by atoms with van der Waals surface area (Å²) in [4.78, 5) is 38.6. The van der Waals surface area contributed by atoms with E-state index in [0.29, 0.717) is 61.9 Å². The fourth-order valence-corrected chi connectivity index (χ4v) is 3.49. The summed E-state index contributed by atoms with van der Waals surface area (Å²) in [5.74, 6) is -0.311. The average molecular weight is 473 g/mol. The Balaban J connectivity index is 1.34. The number of carboxylic acids is 1. The van der Waals surface area contributed by atoms with Crippen molar-refractivity contribution in [1.29, 1.82) is 5.26 Å². The summed E-state index contributed by atoms with van der Waals surface area (Å²) in [6, 6.07) is 12.0. The van der Waals surface area contributed by atoms with Gasteiger partial charge in [-0.3, -0.25) is 4.79 Å². The number of rotatable bonds is 8. The molecule has 1 aliphatic heterocycles. The van der Waals surface area contributed by atoms with Crippen molar-refractivity contribution in [3.63, 3.8) is 0 Å².